The average Bonchev–Trinajstić information content (AvgIpc) is 3.43. The van der Waals surface area contributed by atoms with Crippen molar-refractivity contribution in [2.24, 2.45) is 0 Å². The minimum absolute atomic E-state index is 0.103. The molecule has 0 N–H and O–H groups in total. The highest BCUT2D eigenvalue weighted by Gasteiger charge is 2.19. The Morgan fingerprint density at radius 3 is 0.805 bits per heavy atom. The number of carbonyl (C=O) groups is 3. The summed E-state index contributed by atoms with van der Waals surface area (Å²) in [6.07, 6.45) is 92.4. The molecule has 0 bridgehead atoms. The fourth-order valence-electron chi connectivity index (χ4n) is 7.90. The van der Waals surface area contributed by atoms with Crippen molar-refractivity contribution >= 4 is 17.9 Å². The second-order valence-electron chi connectivity index (χ2n) is 19.8. The van der Waals surface area contributed by atoms with Crippen molar-refractivity contribution in [2.45, 2.75) is 258 Å². The first-order chi connectivity index (χ1) is 38.0. The van der Waals surface area contributed by atoms with Crippen molar-refractivity contribution in [3.05, 3.63) is 158 Å². The molecule has 1 atom stereocenters. The van der Waals surface area contributed by atoms with Gasteiger partial charge < -0.3 is 14.2 Å². The van der Waals surface area contributed by atoms with Crippen LogP contribution in [0, 0.1) is 0 Å². The Labute approximate surface area is 473 Å². The molecule has 432 valence electrons. The molecule has 0 radical (unpaired) electrons. The van der Waals surface area contributed by atoms with E-state index in [1.807, 2.05) is 0 Å². The summed E-state index contributed by atoms with van der Waals surface area (Å²) >= 11 is 0. The minimum atomic E-state index is -0.808. The molecule has 0 saturated heterocycles. The standard InChI is InChI=1S/C71H112O6/c1-4-7-10-13-16-19-22-24-26-28-30-31-32-33-34-35-36-37-38-39-41-42-44-46-49-52-55-58-61-64-70(73)76-67-68(66-75-69(72)63-60-57-54-51-48-21-18-15-12-9-6-3)77-71(74)65-62-59-56-53-50-47-45-43-40-29-27-25-23-20-17-14-11-8-5-2/h7-8,10-11,15-20,24-27,30-31,33-34,36-37,39-41,43-44,46,68H,4-6,9,12-14,21-23,28-29,32,35,38,42,45,47-67H2,1-3H3/b10-7-,11-8-,18-15-,19-16-,20-17-,26-24-,27-25-,31-30-,34-33-,37-36-,41-39-,43-40-,46-44-. The number of unbranched alkanes of at least 4 members (excludes halogenated alkanes) is 17. The van der Waals surface area contributed by atoms with E-state index in [9.17, 15) is 14.4 Å². The zero-order chi connectivity index (χ0) is 55.7. The number of hydrogen-bond donors (Lipinski definition) is 0. The molecule has 1 unspecified atom stereocenters. The molecule has 0 aromatic heterocycles. The molecule has 0 saturated carbocycles. The molecule has 77 heavy (non-hydrogen) atoms. The molecule has 6 nitrogen and oxygen atoms in total. The van der Waals surface area contributed by atoms with Crippen molar-refractivity contribution in [1.29, 1.82) is 0 Å². The third-order valence-electron chi connectivity index (χ3n) is 12.5. The van der Waals surface area contributed by atoms with Gasteiger partial charge in [-0.15, -0.1) is 0 Å². The van der Waals surface area contributed by atoms with Crippen LogP contribution in [0.3, 0.4) is 0 Å². The number of allylic oxidation sites excluding steroid dienone is 26. The van der Waals surface area contributed by atoms with Crippen LogP contribution in [0.1, 0.15) is 252 Å². The molecule has 0 aliphatic rings. The number of ether oxygens (including phenoxy) is 3. The topological polar surface area (TPSA) is 78.9 Å². The van der Waals surface area contributed by atoms with Gasteiger partial charge >= 0.3 is 17.9 Å². The molecule has 0 rings (SSSR count). The van der Waals surface area contributed by atoms with Crippen molar-refractivity contribution in [3.8, 4) is 0 Å². The van der Waals surface area contributed by atoms with E-state index < -0.39 is 6.10 Å². The zero-order valence-electron chi connectivity index (χ0n) is 49.4. The predicted molar refractivity (Wildman–Crippen MR) is 334 cm³/mol. The van der Waals surface area contributed by atoms with Gasteiger partial charge in [0.05, 0.1) is 0 Å². The van der Waals surface area contributed by atoms with E-state index in [0.29, 0.717) is 19.3 Å². The molecule has 0 heterocycles. The van der Waals surface area contributed by atoms with Crippen molar-refractivity contribution in [1.82, 2.24) is 0 Å². The third kappa shape index (κ3) is 61.8. The molecule has 0 aromatic rings. The molecule has 0 aromatic carbocycles. The number of rotatable bonds is 54. The first-order valence-electron chi connectivity index (χ1n) is 31.0. The van der Waals surface area contributed by atoms with Crippen LogP contribution in [0.2, 0.25) is 0 Å². The van der Waals surface area contributed by atoms with E-state index in [2.05, 4.69) is 179 Å². The van der Waals surface area contributed by atoms with E-state index in [1.165, 1.54) is 38.5 Å². The highest BCUT2D eigenvalue weighted by Crippen LogP contribution is 2.13. The van der Waals surface area contributed by atoms with Crippen LogP contribution < -0.4 is 0 Å². The lowest BCUT2D eigenvalue weighted by Crippen LogP contribution is -2.30. The first kappa shape index (κ1) is 72.0. The largest absolute Gasteiger partial charge is 0.462 e. The first-order valence-corrected chi connectivity index (χ1v) is 31.0. The van der Waals surface area contributed by atoms with Gasteiger partial charge in [-0.25, -0.2) is 0 Å². The van der Waals surface area contributed by atoms with Gasteiger partial charge in [-0.1, -0.05) is 249 Å². The van der Waals surface area contributed by atoms with E-state index in [1.54, 1.807) is 0 Å². The molecular weight excluding hydrogens is 949 g/mol. The van der Waals surface area contributed by atoms with Gasteiger partial charge in [-0.05, 0) is 141 Å². The molecule has 0 amide bonds. The Hall–Kier alpha value is -4.97. The average molecular weight is 1060 g/mol. The Bertz CT molecular complexity index is 1740. The molecule has 0 spiro atoms. The zero-order valence-corrected chi connectivity index (χ0v) is 49.4. The quantitative estimate of drug-likeness (QED) is 0.0261. The summed E-state index contributed by atoms with van der Waals surface area (Å²) in [6.45, 7) is 6.32. The normalized spacial score (nSPS) is 13.2. The molecule has 0 fully saturated rings. The van der Waals surface area contributed by atoms with Crippen LogP contribution in [0.25, 0.3) is 0 Å². The van der Waals surface area contributed by atoms with E-state index in [-0.39, 0.29) is 31.1 Å². The van der Waals surface area contributed by atoms with Gasteiger partial charge in [-0.3, -0.25) is 14.4 Å². The van der Waals surface area contributed by atoms with Gasteiger partial charge in [-0.2, -0.15) is 0 Å². The van der Waals surface area contributed by atoms with Crippen LogP contribution >= 0.6 is 0 Å². The summed E-state index contributed by atoms with van der Waals surface area (Å²) in [7, 11) is 0. The highest BCUT2D eigenvalue weighted by molar-refractivity contribution is 5.71. The fourth-order valence-corrected chi connectivity index (χ4v) is 7.90. The summed E-state index contributed by atoms with van der Waals surface area (Å²) in [5, 5.41) is 0. The maximum absolute atomic E-state index is 12.9. The van der Waals surface area contributed by atoms with Crippen LogP contribution in [0.15, 0.2) is 158 Å². The maximum Gasteiger partial charge on any atom is 0.306 e. The Balaban J connectivity index is 4.40. The molecule has 0 aliphatic carbocycles. The lowest BCUT2D eigenvalue weighted by Gasteiger charge is -2.18. The Morgan fingerprint density at radius 1 is 0.273 bits per heavy atom. The molecular formula is C71H112O6. The van der Waals surface area contributed by atoms with Crippen molar-refractivity contribution < 1.29 is 28.6 Å². The summed E-state index contributed by atoms with van der Waals surface area (Å²) in [4.78, 5) is 38.2. The third-order valence-corrected chi connectivity index (χ3v) is 12.5. The summed E-state index contributed by atoms with van der Waals surface area (Å²) in [5.41, 5.74) is 0. The van der Waals surface area contributed by atoms with E-state index in [0.717, 1.165) is 173 Å². The van der Waals surface area contributed by atoms with Crippen LogP contribution in [-0.2, 0) is 28.6 Å². The lowest BCUT2D eigenvalue weighted by molar-refractivity contribution is -0.167. The van der Waals surface area contributed by atoms with E-state index >= 15 is 0 Å². The second kappa shape index (κ2) is 63.6. The van der Waals surface area contributed by atoms with Crippen LogP contribution in [0.4, 0.5) is 0 Å². The fraction of sp³-hybridized carbons (Fsp3) is 0.592. The van der Waals surface area contributed by atoms with Crippen molar-refractivity contribution in [2.75, 3.05) is 13.2 Å². The summed E-state index contributed by atoms with van der Waals surface area (Å²) in [6, 6.07) is 0. The van der Waals surface area contributed by atoms with Crippen molar-refractivity contribution in [3.63, 3.8) is 0 Å². The minimum Gasteiger partial charge on any atom is -0.462 e. The number of hydrogen-bond acceptors (Lipinski definition) is 6. The SMILES string of the molecule is CC/C=C\C/C=C\C/C=C\C/C=C\C/C=C\C/C=C\C/C=C\C/C=C\CCCCCCC(=O)OCC(COC(=O)CCCCCCC/C=C\CCCC)OC(=O)CCCCCCCC/C=C\C/C=C\C/C=C\C/C=C\CC. The smallest absolute Gasteiger partial charge is 0.306 e. The van der Waals surface area contributed by atoms with Gasteiger partial charge in [0.15, 0.2) is 6.10 Å². The highest BCUT2D eigenvalue weighted by atomic mass is 16.6. The second-order valence-corrected chi connectivity index (χ2v) is 19.8. The molecule has 6 heteroatoms. The van der Waals surface area contributed by atoms with Crippen LogP contribution in [-0.4, -0.2) is 37.2 Å². The predicted octanol–water partition coefficient (Wildman–Crippen LogP) is 21.3. The molecule has 0 aliphatic heterocycles. The van der Waals surface area contributed by atoms with Gasteiger partial charge in [0.25, 0.3) is 0 Å². The van der Waals surface area contributed by atoms with Crippen LogP contribution in [0.5, 0.6) is 0 Å². The van der Waals surface area contributed by atoms with Gasteiger partial charge in [0, 0.05) is 19.3 Å². The summed E-state index contributed by atoms with van der Waals surface area (Å²) in [5.74, 6) is -0.958. The van der Waals surface area contributed by atoms with Gasteiger partial charge in [0.1, 0.15) is 13.2 Å². The number of carbonyl (C=O) groups excluding carboxylic acids is 3. The lowest BCUT2D eigenvalue weighted by atomic mass is 10.1. The number of esters is 3. The Kier molecular flexibility index (Phi) is 59.5. The van der Waals surface area contributed by atoms with E-state index in [4.69, 9.17) is 14.2 Å². The van der Waals surface area contributed by atoms with Gasteiger partial charge in [0.2, 0.25) is 0 Å². The maximum atomic E-state index is 12.9. The monoisotopic (exact) mass is 1060 g/mol. The summed E-state index contributed by atoms with van der Waals surface area (Å²) < 4.78 is 16.8. The Morgan fingerprint density at radius 2 is 0.506 bits per heavy atom.